The first-order valence-electron chi connectivity index (χ1n) is 6.61. The molecule has 1 aliphatic heterocycles. The van der Waals surface area contributed by atoms with Crippen LogP contribution < -0.4 is 0 Å². The minimum absolute atomic E-state index is 0.0103. The van der Waals surface area contributed by atoms with Gasteiger partial charge in [0.2, 0.25) is 0 Å². The van der Waals surface area contributed by atoms with Crippen molar-refractivity contribution in [3.05, 3.63) is 29.8 Å². The molecule has 0 spiro atoms. The van der Waals surface area contributed by atoms with Crippen molar-refractivity contribution in [3.8, 4) is 0 Å². The van der Waals surface area contributed by atoms with Crippen molar-refractivity contribution < 1.29 is 13.2 Å². The average molecular weight is 316 g/mol. The maximum atomic E-state index is 12.4. The van der Waals surface area contributed by atoms with E-state index in [1.807, 2.05) is 4.90 Å². The predicted molar refractivity (Wildman–Crippen MR) is 78.3 cm³/mol. The Morgan fingerprint density at radius 3 is 2.10 bits per heavy atom. The second-order valence-corrected chi connectivity index (χ2v) is 8.18. The van der Waals surface area contributed by atoms with Crippen LogP contribution in [0.3, 0.4) is 0 Å². The largest absolute Gasteiger partial charge is 0.338 e. The average Bonchev–Trinajstić information content (AvgIpc) is 2.36. The number of nitrogens with zero attached hydrogens (tertiary/aromatic N) is 1. The topological polar surface area (TPSA) is 54.5 Å². The predicted octanol–water partition coefficient (Wildman–Crippen LogP) is 2.73. The second-order valence-electron chi connectivity index (χ2n) is 5.62. The molecular weight excluding hydrogens is 298 g/mol. The van der Waals surface area contributed by atoms with Crippen LogP contribution in [0.25, 0.3) is 0 Å². The van der Waals surface area contributed by atoms with Crippen LogP contribution in [0.5, 0.6) is 0 Å². The lowest BCUT2D eigenvalue weighted by Crippen LogP contribution is -2.42. The molecule has 0 bridgehead atoms. The van der Waals surface area contributed by atoms with Gasteiger partial charge in [-0.1, -0.05) is 13.8 Å². The number of carbonyl (C=O) groups is 1. The number of hydrogen-bond donors (Lipinski definition) is 0. The first-order chi connectivity index (χ1) is 9.27. The van der Waals surface area contributed by atoms with Crippen molar-refractivity contribution in [2.75, 3.05) is 13.1 Å². The maximum Gasteiger partial charge on any atom is 0.261 e. The number of amides is 1. The van der Waals surface area contributed by atoms with E-state index in [1.165, 1.54) is 24.3 Å². The molecule has 0 aromatic heterocycles. The van der Waals surface area contributed by atoms with E-state index in [0.717, 1.165) is 19.5 Å². The van der Waals surface area contributed by atoms with Crippen molar-refractivity contribution >= 4 is 25.6 Å². The first kappa shape index (κ1) is 15.3. The summed E-state index contributed by atoms with van der Waals surface area (Å²) in [5, 5.41) is 0. The summed E-state index contributed by atoms with van der Waals surface area (Å²) in [6.07, 6.45) is 1.13. The fourth-order valence-corrected chi connectivity index (χ4v) is 3.54. The summed E-state index contributed by atoms with van der Waals surface area (Å²) >= 11 is 0. The van der Waals surface area contributed by atoms with Gasteiger partial charge in [-0.25, -0.2) is 8.42 Å². The smallest absolute Gasteiger partial charge is 0.261 e. The quantitative estimate of drug-likeness (QED) is 0.789. The number of benzene rings is 1. The van der Waals surface area contributed by atoms with Crippen LogP contribution in [0, 0.1) is 11.8 Å². The molecule has 110 valence electrons. The zero-order valence-electron chi connectivity index (χ0n) is 11.5. The molecule has 0 aliphatic carbocycles. The van der Waals surface area contributed by atoms with Crippen molar-refractivity contribution in [1.82, 2.24) is 4.90 Å². The molecule has 2 atom stereocenters. The highest BCUT2D eigenvalue weighted by Gasteiger charge is 2.26. The van der Waals surface area contributed by atoms with Gasteiger partial charge < -0.3 is 4.90 Å². The third-order valence-corrected chi connectivity index (χ3v) is 4.91. The molecule has 1 heterocycles. The number of likely N-dealkylation sites (tertiary alicyclic amines) is 1. The number of carbonyl (C=O) groups excluding carboxylic acids is 1. The Morgan fingerprint density at radius 1 is 1.15 bits per heavy atom. The van der Waals surface area contributed by atoms with Gasteiger partial charge in [-0.05, 0) is 42.5 Å². The standard InChI is InChI=1S/C14H18ClNO3S/c1-10-7-11(2)9-16(8-10)14(17)12-3-5-13(6-4-12)20(15,18)19/h3-6,10-11H,7-9H2,1-2H3. The van der Waals surface area contributed by atoms with E-state index in [9.17, 15) is 13.2 Å². The van der Waals surface area contributed by atoms with Gasteiger partial charge in [-0.2, -0.15) is 0 Å². The normalized spacial score (nSPS) is 23.6. The van der Waals surface area contributed by atoms with Crippen molar-refractivity contribution in [2.24, 2.45) is 11.8 Å². The minimum Gasteiger partial charge on any atom is -0.338 e. The van der Waals surface area contributed by atoms with Gasteiger partial charge in [0, 0.05) is 29.3 Å². The number of piperidine rings is 1. The van der Waals surface area contributed by atoms with Gasteiger partial charge >= 0.3 is 0 Å². The molecule has 20 heavy (non-hydrogen) atoms. The lowest BCUT2D eigenvalue weighted by Gasteiger charge is -2.35. The van der Waals surface area contributed by atoms with Gasteiger partial charge in [0.1, 0.15) is 0 Å². The van der Waals surface area contributed by atoms with Gasteiger partial charge in [-0.3, -0.25) is 4.79 Å². The molecule has 1 saturated heterocycles. The lowest BCUT2D eigenvalue weighted by molar-refractivity contribution is 0.0623. The highest BCUT2D eigenvalue weighted by Crippen LogP contribution is 2.23. The highest BCUT2D eigenvalue weighted by atomic mass is 35.7. The van der Waals surface area contributed by atoms with Crippen LogP contribution in [0.2, 0.25) is 0 Å². The molecule has 1 aliphatic rings. The zero-order valence-corrected chi connectivity index (χ0v) is 13.1. The molecule has 0 N–H and O–H groups in total. The molecule has 0 saturated carbocycles. The van der Waals surface area contributed by atoms with Crippen molar-refractivity contribution in [2.45, 2.75) is 25.2 Å². The van der Waals surface area contributed by atoms with E-state index in [4.69, 9.17) is 10.7 Å². The molecule has 2 unspecified atom stereocenters. The van der Waals surface area contributed by atoms with Crippen LogP contribution in [0.4, 0.5) is 0 Å². The van der Waals surface area contributed by atoms with Crippen LogP contribution in [0.1, 0.15) is 30.6 Å². The lowest BCUT2D eigenvalue weighted by atomic mass is 9.91. The van der Waals surface area contributed by atoms with E-state index in [2.05, 4.69) is 13.8 Å². The van der Waals surface area contributed by atoms with Crippen molar-refractivity contribution in [1.29, 1.82) is 0 Å². The Balaban J connectivity index is 2.17. The Labute approximate surface area is 124 Å². The molecule has 4 nitrogen and oxygen atoms in total. The molecule has 0 radical (unpaired) electrons. The monoisotopic (exact) mass is 315 g/mol. The van der Waals surface area contributed by atoms with E-state index in [-0.39, 0.29) is 10.8 Å². The van der Waals surface area contributed by atoms with Gasteiger partial charge in [0.15, 0.2) is 0 Å². The molecule has 6 heteroatoms. The van der Waals surface area contributed by atoms with E-state index < -0.39 is 9.05 Å². The molecule has 2 rings (SSSR count). The van der Waals surface area contributed by atoms with Crippen LogP contribution in [-0.2, 0) is 9.05 Å². The van der Waals surface area contributed by atoms with Gasteiger partial charge in [0.25, 0.3) is 15.0 Å². The zero-order chi connectivity index (χ0) is 14.9. The van der Waals surface area contributed by atoms with Crippen LogP contribution >= 0.6 is 10.7 Å². The second kappa shape index (κ2) is 5.74. The number of hydrogen-bond acceptors (Lipinski definition) is 3. The summed E-state index contributed by atoms with van der Waals surface area (Å²) in [5.74, 6) is 0.928. The Hall–Kier alpha value is -1.07. The fourth-order valence-electron chi connectivity index (χ4n) is 2.77. The molecular formula is C14H18ClNO3S. The third kappa shape index (κ3) is 3.52. The SMILES string of the molecule is CC1CC(C)CN(C(=O)c2ccc(S(=O)(=O)Cl)cc2)C1. The molecule has 1 aromatic carbocycles. The minimum atomic E-state index is -3.74. The fraction of sp³-hybridized carbons (Fsp3) is 0.500. The Bertz CT molecular complexity index is 587. The molecule has 1 fully saturated rings. The van der Waals surface area contributed by atoms with E-state index >= 15 is 0 Å². The van der Waals surface area contributed by atoms with Crippen LogP contribution in [-0.4, -0.2) is 32.3 Å². The summed E-state index contributed by atoms with van der Waals surface area (Å²) in [4.78, 5) is 14.2. The summed E-state index contributed by atoms with van der Waals surface area (Å²) < 4.78 is 22.3. The molecule has 1 amide bonds. The Kier molecular flexibility index (Phi) is 4.39. The van der Waals surface area contributed by atoms with E-state index in [0.29, 0.717) is 17.4 Å². The van der Waals surface area contributed by atoms with Gasteiger partial charge in [0.05, 0.1) is 4.90 Å². The summed E-state index contributed by atoms with van der Waals surface area (Å²) in [7, 11) is 1.51. The first-order valence-corrected chi connectivity index (χ1v) is 8.92. The summed E-state index contributed by atoms with van der Waals surface area (Å²) in [5.41, 5.74) is 0.496. The van der Waals surface area contributed by atoms with Crippen LogP contribution in [0.15, 0.2) is 29.2 Å². The third-order valence-electron chi connectivity index (χ3n) is 3.54. The van der Waals surface area contributed by atoms with Crippen molar-refractivity contribution in [3.63, 3.8) is 0 Å². The highest BCUT2D eigenvalue weighted by molar-refractivity contribution is 8.13. The number of halogens is 1. The Morgan fingerprint density at radius 2 is 1.65 bits per heavy atom. The molecule has 1 aromatic rings. The summed E-state index contributed by atoms with van der Waals surface area (Å²) in [6, 6.07) is 5.77. The summed E-state index contributed by atoms with van der Waals surface area (Å²) in [6.45, 7) is 5.77. The van der Waals surface area contributed by atoms with E-state index in [1.54, 1.807) is 0 Å². The maximum absolute atomic E-state index is 12.4. The number of rotatable bonds is 2. The van der Waals surface area contributed by atoms with Gasteiger partial charge in [-0.15, -0.1) is 0 Å².